The number of nitro groups is 1. The van der Waals surface area contributed by atoms with E-state index in [0.717, 1.165) is 18.6 Å². The van der Waals surface area contributed by atoms with E-state index in [0.29, 0.717) is 24.1 Å². The second-order valence-electron chi connectivity index (χ2n) is 13.2. The Morgan fingerprint density at radius 2 is 1.70 bits per heavy atom. The monoisotopic (exact) mass is 770 g/mol. The number of carbonyl (C=O) groups is 6. The van der Waals surface area contributed by atoms with Crippen molar-refractivity contribution >= 4 is 59.1 Å². The summed E-state index contributed by atoms with van der Waals surface area (Å²) in [4.78, 5) is 84.9. The van der Waals surface area contributed by atoms with Gasteiger partial charge in [-0.2, -0.15) is 11.8 Å². The average molecular weight is 771 g/mol. The molecule has 2 aromatic carbocycles. The van der Waals surface area contributed by atoms with E-state index in [4.69, 9.17) is 15.2 Å². The predicted octanol–water partition coefficient (Wildman–Crippen LogP) is 3.05. The molecule has 2 saturated heterocycles. The Balaban J connectivity index is 1.26. The van der Waals surface area contributed by atoms with Gasteiger partial charge in [-0.25, -0.2) is 14.4 Å². The maximum atomic E-state index is 13.5. The lowest BCUT2D eigenvalue weighted by Crippen LogP contribution is -2.54. The third-order valence-electron chi connectivity index (χ3n) is 8.77. The fraction of sp³-hybridized carbons (Fsp3) is 0.486. The topological polar surface area (TPSA) is 262 Å². The molecule has 8 N–H and O–H groups in total. The number of hydrogen-bond donors (Lipinski definition) is 7. The third kappa shape index (κ3) is 12.8. The highest BCUT2D eigenvalue weighted by molar-refractivity contribution is 8.00. The molecule has 0 bridgehead atoms. The molecule has 18 nitrogen and oxygen atoms in total. The number of amides is 7. The highest BCUT2D eigenvalue weighted by Gasteiger charge is 2.42. The van der Waals surface area contributed by atoms with Gasteiger partial charge in [0.1, 0.15) is 24.4 Å². The highest BCUT2D eigenvalue weighted by Crippen LogP contribution is 2.33. The normalized spacial score (nSPS) is 18.3. The largest absolute Gasteiger partial charge is 0.514 e. The Kier molecular flexibility index (Phi) is 15.3. The Labute approximate surface area is 315 Å². The minimum absolute atomic E-state index is 0.0704. The van der Waals surface area contributed by atoms with Crippen LogP contribution in [-0.4, -0.2) is 82.6 Å². The number of nitrogens with zero attached hydrogens (tertiary/aromatic N) is 1. The zero-order valence-electron chi connectivity index (χ0n) is 30.0. The van der Waals surface area contributed by atoms with Crippen LogP contribution in [0.4, 0.5) is 25.8 Å². The van der Waals surface area contributed by atoms with Gasteiger partial charge in [-0.3, -0.25) is 24.5 Å². The number of thioether (sulfide) groups is 1. The number of nitrogens with two attached hydrogens (primary N) is 1. The van der Waals surface area contributed by atoms with Crippen molar-refractivity contribution in [1.29, 1.82) is 0 Å². The summed E-state index contributed by atoms with van der Waals surface area (Å²) in [6, 6.07) is 8.72. The van der Waals surface area contributed by atoms with Crippen molar-refractivity contribution in [2.24, 2.45) is 11.7 Å². The van der Waals surface area contributed by atoms with Gasteiger partial charge in [0.05, 0.1) is 17.0 Å². The highest BCUT2D eigenvalue weighted by atomic mass is 32.2. The van der Waals surface area contributed by atoms with E-state index in [-0.39, 0.29) is 72.6 Å². The van der Waals surface area contributed by atoms with Crippen molar-refractivity contribution in [3.8, 4) is 5.75 Å². The van der Waals surface area contributed by atoms with Crippen LogP contribution in [0.2, 0.25) is 0 Å². The zero-order chi connectivity index (χ0) is 39.2. The minimum atomic E-state index is -1.03. The molecule has 7 amide bonds. The van der Waals surface area contributed by atoms with Gasteiger partial charge in [-0.05, 0) is 61.4 Å². The number of benzene rings is 2. The predicted molar refractivity (Wildman–Crippen MR) is 198 cm³/mol. The van der Waals surface area contributed by atoms with Crippen molar-refractivity contribution in [2.45, 2.75) is 88.4 Å². The number of urea groups is 2. The first-order valence-electron chi connectivity index (χ1n) is 17.6. The van der Waals surface area contributed by atoms with Crippen molar-refractivity contribution in [3.63, 3.8) is 0 Å². The molecule has 2 heterocycles. The van der Waals surface area contributed by atoms with Crippen LogP contribution in [0.25, 0.3) is 0 Å². The molecule has 0 radical (unpaired) electrons. The number of carbonyl (C=O) groups excluding carboxylic acids is 6. The summed E-state index contributed by atoms with van der Waals surface area (Å²) in [5.74, 6) is -0.716. The van der Waals surface area contributed by atoms with Crippen molar-refractivity contribution in [3.05, 3.63) is 64.2 Å². The van der Waals surface area contributed by atoms with Crippen LogP contribution < -0.4 is 42.4 Å². The van der Waals surface area contributed by atoms with E-state index >= 15 is 0 Å². The second-order valence-corrected chi connectivity index (χ2v) is 14.5. The number of primary amides is 1. The summed E-state index contributed by atoms with van der Waals surface area (Å²) in [5.41, 5.74) is 5.96. The fourth-order valence-corrected chi connectivity index (χ4v) is 7.46. The molecule has 0 aromatic heterocycles. The van der Waals surface area contributed by atoms with Gasteiger partial charge in [0, 0.05) is 41.8 Å². The van der Waals surface area contributed by atoms with Gasteiger partial charge in [0.25, 0.3) is 5.69 Å². The number of unbranched alkanes of at least 4 members (excludes halogenated alkanes) is 1. The Hall–Kier alpha value is -5.59. The Bertz CT molecular complexity index is 1660. The Morgan fingerprint density at radius 3 is 2.37 bits per heavy atom. The zero-order valence-corrected chi connectivity index (χ0v) is 30.8. The standard InChI is InChI=1S/C35H46N8O10S/c1-20(2)29(41-28(44)8-4-3-7-27-30-26(19-54-27)40-34(48)42-30)32(46)39-25(6-5-17-37-33(36)47)31(45)38-22-11-9-21(10-12-22)18-52-35(49)53-24-15-13-23(14-16-24)43(50)51/h9-16,20,25-27,29-30H,3-8,17-19H2,1-2H3,(H,38,45)(H,39,46)(H,41,44)(H3,36,37,47)(H2,40,42,48)/t25-,26+,27+,29-,30+/m0/s1. The molecule has 292 valence electrons. The molecular weight excluding hydrogens is 724 g/mol. The quantitative estimate of drug-likeness (QED) is 0.0273. The number of non-ortho nitro benzene ring substituents is 1. The lowest BCUT2D eigenvalue weighted by Gasteiger charge is -2.25. The summed E-state index contributed by atoms with van der Waals surface area (Å²) in [6.07, 6.45) is 1.92. The van der Waals surface area contributed by atoms with Gasteiger partial charge in [0.2, 0.25) is 17.7 Å². The maximum Gasteiger partial charge on any atom is 0.514 e. The summed E-state index contributed by atoms with van der Waals surface area (Å²) in [5, 5.41) is 27.7. The first kappa shape index (κ1) is 41.2. The van der Waals surface area contributed by atoms with Gasteiger partial charge >= 0.3 is 18.2 Å². The smallest absolute Gasteiger partial charge is 0.429 e. The van der Waals surface area contributed by atoms with Gasteiger partial charge in [-0.1, -0.05) is 32.4 Å². The first-order valence-corrected chi connectivity index (χ1v) is 18.6. The fourth-order valence-electron chi connectivity index (χ4n) is 5.92. The number of nitro benzene ring substituents is 1. The van der Waals surface area contributed by atoms with E-state index in [1.807, 2.05) is 11.8 Å². The van der Waals surface area contributed by atoms with E-state index < -0.39 is 41.0 Å². The molecule has 2 fully saturated rings. The SMILES string of the molecule is CC(C)[C@H](NC(=O)CCCC[C@H]1SC[C@H]2NC(=O)N[C@H]21)C(=O)N[C@@H](CCCNC(N)=O)C(=O)Nc1ccc(COC(=O)Oc2ccc([N+](=O)[O-])cc2)cc1. The third-order valence-corrected chi connectivity index (χ3v) is 10.3. The van der Waals surface area contributed by atoms with E-state index in [1.54, 1.807) is 38.1 Å². The molecule has 19 heteroatoms. The molecule has 0 aliphatic carbocycles. The van der Waals surface area contributed by atoms with Crippen molar-refractivity contribution < 1.29 is 43.2 Å². The van der Waals surface area contributed by atoms with Crippen molar-refractivity contribution in [1.82, 2.24) is 26.6 Å². The number of ether oxygens (including phenoxy) is 2. The summed E-state index contributed by atoms with van der Waals surface area (Å²) in [6.45, 7) is 3.58. The lowest BCUT2D eigenvalue weighted by atomic mass is 10.0. The maximum absolute atomic E-state index is 13.5. The van der Waals surface area contributed by atoms with Gasteiger partial charge < -0.3 is 47.1 Å². The summed E-state index contributed by atoms with van der Waals surface area (Å²) >= 11 is 1.81. The molecule has 0 spiro atoms. The molecule has 2 aliphatic heterocycles. The van der Waals surface area contributed by atoms with Crippen LogP contribution in [-0.2, 0) is 25.7 Å². The first-order chi connectivity index (χ1) is 25.8. The molecule has 0 saturated carbocycles. The van der Waals surface area contributed by atoms with E-state index in [1.165, 1.54) is 24.3 Å². The van der Waals surface area contributed by atoms with Crippen LogP contribution in [0.5, 0.6) is 5.75 Å². The second kappa shape index (κ2) is 20.0. The van der Waals surface area contributed by atoms with Crippen LogP contribution >= 0.6 is 11.8 Å². The average Bonchev–Trinajstić information content (AvgIpc) is 3.68. The van der Waals surface area contributed by atoms with Crippen LogP contribution in [0.15, 0.2) is 48.5 Å². The molecule has 2 aliphatic rings. The Morgan fingerprint density at radius 1 is 0.981 bits per heavy atom. The number of rotatable bonds is 19. The molecular formula is C35H46N8O10S. The molecule has 54 heavy (non-hydrogen) atoms. The summed E-state index contributed by atoms with van der Waals surface area (Å²) in [7, 11) is 0. The van der Waals surface area contributed by atoms with Gasteiger partial charge in [-0.15, -0.1) is 0 Å². The number of hydrogen-bond acceptors (Lipinski definition) is 11. The number of anilines is 1. The lowest BCUT2D eigenvalue weighted by molar-refractivity contribution is -0.384. The van der Waals surface area contributed by atoms with Crippen LogP contribution in [0, 0.1) is 16.0 Å². The number of nitrogens with one attached hydrogen (secondary N) is 6. The van der Waals surface area contributed by atoms with Crippen molar-refractivity contribution in [2.75, 3.05) is 17.6 Å². The molecule has 5 atom stereocenters. The van der Waals surface area contributed by atoms with Crippen LogP contribution in [0.1, 0.15) is 57.9 Å². The minimum Gasteiger partial charge on any atom is -0.429 e. The molecule has 2 aromatic rings. The van der Waals surface area contributed by atoms with Crippen LogP contribution in [0.3, 0.4) is 0 Å². The summed E-state index contributed by atoms with van der Waals surface area (Å²) < 4.78 is 10.1. The molecule has 4 rings (SSSR count). The van der Waals surface area contributed by atoms with E-state index in [9.17, 15) is 38.9 Å². The molecule has 0 unspecified atom stereocenters. The number of fused-ring (bicyclic) bond motifs is 1. The van der Waals surface area contributed by atoms with Gasteiger partial charge in [0.15, 0.2) is 0 Å². The van der Waals surface area contributed by atoms with E-state index in [2.05, 4.69) is 31.9 Å².